The van der Waals surface area contributed by atoms with Gasteiger partial charge in [0.2, 0.25) is 0 Å². The van der Waals surface area contributed by atoms with E-state index in [-0.39, 0.29) is 36.8 Å². The van der Waals surface area contributed by atoms with Crippen LogP contribution in [0.2, 0.25) is 0 Å². The molecule has 19 heteroatoms. The Morgan fingerprint density at radius 1 is 1.05 bits per heavy atom. The molecule has 1 saturated heterocycles. The summed E-state index contributed by atoms with van der Waals surface area (Å²) in [7, 11) is 1.48. The van der Waals surface area contributed by atoms with Crippen molar-refractivity contribution in [3.8, 4) is 0 Å². The zero-order chi connectivity index (χ0) is 30.3. The predicted molar refractivity (Wildman–Crippen MR) is 168 cm³/mol. The zero-order valence-electron chi connectivity index (χ0n) is 21.6. The van der Waals surface area contributed by atoms with E-state index in [1.807, 2.05) is 0 Å². The molecule has 1 saturated carbocycles. The van der Waals surface area contributed by atoms with Gasteiger partial charge in [0.15, 0.2) is 30.0 Å². The lowest BCUT2D eigenvalue weighted by molar-refractivity contribution is -0.0613. The molecular formula is C23H25Br4ClN10O4. The van der Waals surface area contributed by atoms with Gasteiger partial charge in [-0.1, -0.05) is 0 Å². The number of H-pyrrole nitrogens is 2. The van der Waals surface area contributed by atoms with Crippen molar-refractivity contribution >= 4 is 99.1 Å². The Morgan fingerprint density at radius 2 is 1.60 bits per heavy atom. The Balaban J connectivity index is 1.37. The van der Waals surface area contributed by atoms with Crippen LogP contribution in [0.25, 0.3) is 0 Å². The Kier molecular flexibility index (Phi) is 7.67. The fourth-order valence-electron chi connectivity index (χ4n) is 6.97. The van der Waals surface area contributed by atoms with Gasteiger partial charge in [-0.05, 0) is 81.8 Å². The van der Waals surface area contributed by atoms with Gasteiger partial charge in [0, 0.05) is 32.0 Å². The van der Waals surface area contributed by atoms with Gasteiger partial charge in [-0.2, -0.15) is 0 Å². The number of halogens is 5. The van der Waals surface area contributed by atoms with Crippen molar-refractivity contribution in [2.24, 2.45) is 39.2 Å². The molecular weight excluding hydrogens is 835 g/mol. The first-order valence-electron chi connectivity index (χ1n) is 12.6. The van der Waals surface area contributed by atoms with E-state index in [9.17, 15) is 14.7 Å². The summed E-state index contributed by atoms with van der Waals surface area (Å²) >= 11 is 20.8. The average Bonchev–Trinajstić information content (AvgIpc) is 3.71. The molecule has 0 aromatic carbocycles. The van der Waals surface area contributed by atoms with Crippen molar-refractivity contribution < 1.29 is 19.4 Å². The van der Waals surface area contributed by atoms with Crippen LogP contribution in [0, 0.1) is 17.8 Å². The molecule has 4 aliphatic rings. The van der Waals surface area contributed by atoms with Gasteiger partial charge in [-0.25, -0.2) is 9.98 Å². The topological polar surface area (TPSA) is 211 Å². The molecule has 1 aliphatic carbocycles. The highest BCUT2D eigenvalue weighted by Gasteiger charge is 2.82. The highest BCUT2D eigenvalue weighted by molar-refractivity contribution is 9.13. The number of aromatic nitrogens is 2. The van der Waals surface area contributed by atoms with Crippen molar-refractivity contribution in [2.45, 2.75) is 29.0 Å². The number of guanidine groups is 2. The number of aromatic amines is 2. The summed E-state index contributed by atoms with van der Waals surface area (Å²) in [6.45, 7) is 0.171. The Bertz CT molecular complexity index is 1500. The number of alkyl halides is 1. The number of aliphatic imine (C=N–C) groups is 2. The molecule has 2 unspecified atom stereocenters. The van der Waals surface area contributed by atoms with Crippen molar-refractivity contribution in [3.63, 3.8) is 0 Å². The van der Waals surface area contributed by atoms with E-state index >= 15 is 0 Å². The Labute approximate surface area is 277 Å². The monoisotopic (exact) mass is 856 g/mol. The van der Waals surface area contributed by atoms with Crippen LogP contribution in [0.5, 0.6) is 0 Å². The summed E-state index contributed by atoms with van der Waals surface area (Å²) in [5.74, 6) is -2.42. The van der Waals surface area contributed by atoms with Gasteiger partial charge in [-0.15, -0.1) is 11.6 Å². The second-order valence-corrected chi connectivity index (χ2v) is 14.3. The number of fused-ring (bicyclic) bond motifs is 3. The van der Waals surface area contributed by atoms with E-state index in [1.165, 1.54) is 7.11 Å². The second kappa shape index (κ2) is 10.7. The number of nitrogens with one attached hydrogen (secondary N) is 5. The van der Waals surface area contributed by atoms with Crippen LogP contribution in [-0.4, -0.2) is 92.9 Å². The van der Waals surface area contributed by atoms with Gasteiger partial charge in [0.1, 0.15) is 16.9 Å². The number of hydrogen-bond donors (Lipinski definition) is 8. The minimum atomic E-state index is -1.73. The van der Waals surface area contributed by atoms with Gasteiger partial charge in [0.25, 0.3) is 11.8 Å². The van der Waals surface area contributed by atoms with E-state index in [4.69, 9.17) is 27.8 Å². The molecule has 5 heterocycles. The number of rotatable bonds is 7. The highest BCUT2D eigenvalue weighted by Crippen LogP contribution is 2.64. The van der Waals surface area contributed by atoms with Crippen LogP contribution in [0.4, 0.5) is 0 Å². The normalized spacial score (nSPS) is 34.4. The number of nitrogens with zero attached hydrogens (tertiary/aromatic N) is 3. The Hall–Kier alpha value is -1.83. The molecule has 2 aromatic heterocycles. The summed E-state index contributed by atoms with van der Waals surface area (Å²) in [6.07, 6.45) is -1.81. The maximum atomic E-state index is 13.2. The summed E-state index contributed by atoms with van der Waals surface area (Å²) in [5, 5.41) is 20.3. The first-order chi connectivity index (χ1) is 19.8. The highest BCUT2D eigenvalue weighted by atomic mass is 79.9. The molecule has 2 amide bonds. The molecule has 10 N–H and O–H groups in total. The first kappa shape index (κ1) is 30.2. The Morgan fingerprint density at radius 3 is 2.10 bits per heavy atom. The maximum absolute atomic E-state index is 13.2. The number of carbonyl (C=O) groups is 2. The summed E-state index contributed by atoms with van der Waals surface area (Å²) in [4.78, 5) is 42.9. The third-order valence-corrected chi connectivity index (χ3v) is 12.7. The van der Waals surface area contributed by atoms with E-state index in [0.717, 1.165) is 0 Å². The van der Waals surface area contributed by atoms with Crippen LogP contribution >= 0.6 is 75.3 Å². The predicted octanol–water partition coefficient (Wildman–Crippen LogP) is 1.31. The minimum absolute atomic E-state index is 0.0272. The van der Waals surface area contributed by atoms with E-state index < -0.39 is 46.8 Å². The second-order valence-electron chi connectivity index (χ2n) is 10.5. The maximum Gasteiger partial charge on any atom is 0.267 e. The quantitative estimate of drug-likeness (QED) is 0.190. The van der Waals surface area contributed by atoms with E-state index in [2.05, 4.69) is 99.6 Å². The van der Waals surface area contributed by atoms with E-state index in [0.29, 0.717) is 29.5 Å². The number of hydrogen-bond acceptors (Lipinski definition) is 10. The van der Waals surface area contributed by atoms with Crippen LogP contribution in [0.1, 0.15) is 21.0 Å². The first-order valence-corrected chi connectivity index (χ1v) is 16.2. The van der Waals surface area contributed by atoms with Crippen molar-refractivity contribution in [1.29, 1.82) is 0 Å². The summed E-state index contributed by atoms with van der Waals surface area (Å²) in [6, 6.07) is 3.29. The molecule has 2 aromatic rings. The molecule has 0 bridgehead atoms. The van der Waals surface area contributed by atoms with Crippen LogP contribution < -0.4 is 27.4 Å². The minimum Gasteiger partial charge on any atom is -0.370 e. The van der Waals surface area contributed by atoms with Crippen LogP contribution in [0.15, 0.2) is 40.3 Å². The third-order valence-electron chi connectivity index (χ3n) is 8.46. The molecule has 3 aliphatic heterocycles. The lowest BCUT2D eigenvalue weighted by atomic mass is 9.77. The summed E-state index contributed by atoms with van der Waals surface area (Å²) in [5.41, 5.74) is 10.2. The zero-order valence-corrected chi connectivity index (χ0v) is 28.7. The SMILES string of the molecule is CO[C@H]1N=C(N)N2[C@H]3N=C(N)NC3(O)[C@@H]3[C@@H](CNC(=O)c4cc(Br)c(Br)[nH]4)[C@H](CNC(=O)c4cc(Br)c(Br)[nH]4)C(Cl)[C@@]132. The largest absolute Gasteiger partial charge is 0.370 e. The standard InChI is InChI=1S/C23H25Br4ClN10O4/c1-42-19-22-12(23(41)18(35-20(29)37-23)38(22)21(30)36-19)6(4-31-16(39)10-2-8(24)14(26)33-10)7(13(22)28)5-32-17(40)11-3-9(25)15(27)34-11/h2-3,6-7,12-13,18-19,33-34,41H,4-5H2,1H3,(H2,30,36)(H,31,39)(H,32,40)(H3,29,35,37)/t6-,7-,12+,13?,18+,19+,22+,23?/m0/s1. The lowest BCUT2D eigenvalue weighted by Gasteiger charge is -2.40. The van der Waals surface area contributed by atoms with Crippen molar-refractivity contribution in [3.05, 3.63) is 41.7 Å². The molecule has 226 valence electrons. The third kappa shape index (κ3) is 4.27. The lowest BCUT2D eigenvalue weighted by Crippen LogP contribution is -2.61. The molecule has 8 atom stereocenters. The van der Waals surface area contributed by atoms with Crippen molar-refractivity contribution in [1.82, 2.24) is 30.8 Å². The van der Waals surface area contributed by atoms with Gasteiger partial charge < -0.3 is 52.1 Å². The molecule has 0 radical (unpaired) electrons. The van der Waals surface area contributed by atoms with Gasteiger partial charge in [0.05, 0.1) is 23.5 Å². The number of carbonyl (C=O) groups excluding carboxylic acids is 2. The molecule has 6 rings (SSSR count). The number of nitrogens with two attached hydrogens (primary N) is 2. The molecule has 1 spiro atoms. The van der Waals surface area contributed by atoms with Gasteiger partial charge >= 0.3 is 0 Å². The fourth-order valence-corrected chi connectivity index (χ4v) is 8.91. The fraction of sp³-hybridized carbons (Fsp3) is 0.478. The average molecular weight is 861 g/mol. The number of ether oxygens (including phenoxy) is 1. The van der Waals surface area contributed by atoms with Crippen LogP contribution in [0.3, 0.4) is 0 Å². The molecule has 42 heavy (non-hydrogen) atoms. The molecule has 14 nitrogen and oxygen atoms in total. The van der Waals surface area contributed by atoms with Crippen LogP contribution in [-0.2, 0) is 4.74 Å². The summed E-state index contributed by atoms with van der Waals surface area (Å²) < 4.78 is 8.42. The van der Waals surface area contributed by atoms with Crippen molar-refractivity contribution in [2.75, 3.05) is 20.2 Å². The molecule has 2 fully saturated rings. The number of aliphatic hydroxyl groups is 1. The number of methoxy groups -OCH3 is 1. The number of amides is 2. The van der Waals surface area contributed by atoms with Gasteiger partial charge in [-0.3, -0.25) is 9.59 Å². The smallest absolute Gasteiger partial charge is 0.267 e. The van der Waals surface area contributed by atoms with E-state index in [1.54, 1.807) is 17.0 Å².